The van der Waals surface area contributed by atoms with Crippen LogP contribution in [0.25, 0.3) is 0 Å². The Morgan fingerprint density at radius 2 is 2.00 bits per heavy atom. The van der Waals surface area contributed by atoms with E-state index in [1.54, 1.807) is 6.07 Å². The molecule has 0 spiro atoms. The number of nitrogens with one attached hydrogen (secondary N) is 1. The third-order valence-electron chi connectivity index (χ3n) is 3.88. The minimum Gasteiger partial charge on any atom is -0.494 e. The maximum Gasteiger partial charge on any atom is 0.165 e. The zero-order valence-corrected chi connectivity index (χ0v) is 11.9. The Labute approximate surface area is 114 Å². The highest BCUT2D eigenvalue weighted by Crippen LogP contribution is 2.21. The van der Waals surface area contributed by atoms with E-state index in [0.717, 1.165) is 5.56 Å². The summed E-state index contributed by atoms with van der Waals surface area (Å²) in [6.07, 6.45) is 3.72. The highest BCUT2D eigenvalue weighted by molar-refractivity contribution is 5.29. The second kappa shape index (κ2) is 6.35. The summed E-state index contributed by atoms with van der Waals surface area (Å²) in [5.41, 5.74) is 4.36. The van der Waals surface area contributed by atoms with Crippen molar-refractivity contribution in [1.29, 1.82) is 0 Å². The average molecular weight is 266 g/mol. The molecule has 4 heteroatoms. The van der Waals surface area contributed by atoms with Crippen molar-refractivity contribution < 1.29 is 9.13 Å². The molecule has 1 fully saturated rings. The largest absolute Gasteiger partial charge is 0.494 e. The zero-order valence-electron chi connectivity index (χ0n) is 11.9. The lowest BCUT2D eigenvalue weighted by molar-refractivity contribution is 0.0435. The predicted molar refractivity (Wildman–Crippen MR) is 74.4 cm³/mol. The number of methoxy groups -OCH3 is 1. The van der Waals surface area contributed by atoms with Gasteiger partial charge in [-0.25, -0.2) is 9.40 Å². The summed E-state index contributed by atoms with van der Waals surface area (Å²) in [6.45, 7) is 5.12. The second-order valence-electron chi connectivity index (χ2n) is 5.34. The molecule has 0 radical (unpaired) electrons. The average Bonchev–Trinajstić information content (AvgIpc) is 2.38. The Bertz CT molecular complexity index is 415. The fourth-order valence-corrected chi connectivity index (χ4v) is 2.74. The molecule has 2 atom stereocenters. The molecule has 0 aromatic heterocycles. The van der Waals surface area contributed by atoms with Crippen molar-refractivity contribution in [3.63, 3.8) is 0 Å². The minimum atomic E-state index is -0.304. The Morgan fingerprint density at radius 3 is 2.58 bits per heavy atom. The van der Waals surface area contributed by atoms with E-state index in [1.807, 2.05) is 6.07 Å². The first-order chi connectivity index (χ1) is 9.11. The summed E-state index contributed by atoms with van der Waals surface area (Å²) in [4.78, 5) is 0. The first-order valence-electron chi connectivity index (χ1n) is 6.96. The molecule has 1 N–H and O–H groups in total. The molecule has 0 amide bonds. The Hall–Kier alpha value is -1.13. The van der Waals surface area contributed by atoms with Crippen LogP contribution in [0, 0.1) is 5.82 Å². The summed E-state index contributed by atoms with van der Waals surface area (Å²) in [6, 6.07) is 6.17. The van der Waals surface area contributed by atoms with E-state index in [9.17, 15) is 4.39 Å². The maximum atomic E-state index is 13.6. The van der Waals surface area contributed by atoms with Crippen molar-refractivity contribution >= 4 is 0 Å². The molecule has 1 aromatic carbocycles. The molecule has 2 rings (SSSR count). The standard InChI is InChI=1S/C15H23FN2O/c1-11-5-4-6-12(2)18(11)17-10-13-7-8-15(19-3)14(16)9-13/h7-9,11-12,17H,4-6,10H2,1-3H3. The smallest absolute Gasteiger partial charge is 0.165 e. The SMILES string of the molecule is COc1ccc(CNN2C(C)CCCC2C)cc1F. The topological polar surface area (TPSA) is 24.5 Å². The van der Waals surface area contributed by atoms with Crippen LogP contribution >= 0.6 is 0 Å². The van der Waals surface area contributed by atoms with Crippen LogP contribution in [0.1, 0.15) is 38.7 Å². The number of nitrogens with zero attached hydrogens (tertiary/aromatic N) is 1. The van der Waals surface area contributed by atoms with Crippen molar-refractivity contribution in [3.05, 3.63) is 29.6 Å². The normalized spacial score (nSPS) is 24.4. The molecule has 0 saturated carbocycles. The third-order valence-corrected chi connectivity index (χ3v) is 3.88. The minimum absolute atomic E-state index is 0.295. The van der Waals surface area contributed by atoms with Gasteiger partial charge in [-0.2, -0.15) is 0 Å². The van der Waals surface area contributed by atoms with Crippen LogP contribution in [0.2, 0.25) is 0 Å². The molecule has 1 aliphatic rings. The van der Waals surface area contributed by atoms with Crippen LogP contribution in [-0.2, 0) is 6.54 Å². The lowest BCUT2D eigenvalue weighted by Crippen LogP contribution is -2.51. The summed E-state index contributed by atoms with van der Waals surface area (Å²) in [7, 11) is 1.48. The number of hydrogen-bond donors (Lipinski definition) is 1. The van der Waals surface area contributed by atoms with Gasteiger partial charge in [0.2, 0.25) is 0 Å². The molecule has 19 heavy (non-hydrogen) atoms. The zero-order chi connectivity index (χ0) is 13.8. The summed E-state index contributed by atoms with van der Waals surface area (Å²) < 4.78 is 18.5. The number of halogens is 1. The number of piperidine rings is 1. The van der Waals surface area contributed by atoms with Crippen molar-refractivity contribution in [1.82, 2.24) is 10.4 Å². The molecule has 2 unspecified atom stereocenters. The number of hydrogen-bond acceptors (Lipinski definition) is 3. The van der Waals surface area contributed by atoms with Crippen molar-refractivity contribution in [2.45, 2.75) is 51.7 Å². The van der Waals surface area contributed by atoms with E-state index in [1.165, 1.54) is 32.4 Å². The highest BCUT2D eigenvalue weighted by Gasteiger charge is 2.24. The van der Waals surface area contributed by atoms with Gasteiger partial charge in [0.1, 0.15) is 0 Å². The number of ether oxygens (including phenoxy) is 1. The fraction of sp³-hybridized carbons (Fsp3) is 0.600. The molecule has 0 aliphatic carbocycles. The molecule has 0 bridgehead atoms. The van der Waals surface area contributed by atoms with Crippen LogP contribution in [-0.4, -0.2) is 24.2 Å². The monoisotopic (exact) mass is 266 g/mol. The van der Waals surface area contributed by atoms with Gasteiger partial charge in [0.05, 0.1) is 7.11 Å². The summed E-state index contributed by atoms with van der Waals surface area (Å²) >= 11 is 0. The fourth-order valence-electron chi connectivity index (χ4n) is 2.74. The molecule has 1 aromatic rings. The lowest BCUT2D eigenvalue weighted by Gasteiger charge is -2.39. The van der Waals surface area contributed by atoms with Gasteiger partial charge in [-0.3, -0.25) is 5.43 Å². The molecule has 106 valence electrons. The molecular formula is C15H23FN2O. The van der Waals surface area contributed by atoms with Crippen molar-refractivity contribution in [3.8, 4) is 5.75 Å². The first-order valence-corrected chi connectivity index (χ1v) is 6.96. The highest BCUT2D eigenvalue weighted by atomic mass is 19.1. The van der Waals surface area contributed by atoms with E-state index in [4.69, 9.17) is 4.74 Å². The quantitative estimate of drug-likeness (QED) is 0.906. The molecule has 1 aliphatic heterocycles. The van der Waals surface area contributed by atoms with Gasteiger partial charge in [-0.05, 0) is 44.4 Å². The van der Waals surface area contributed by atoms with Gasteiger partial charge >= 0.3 is 0 Å². The predicted octanol–water partition coefficient (Wildman–Crippen LogP) is 3.10. The van der Waals surface area contributed by atoms with Crippen molar-refractivity contribution in [2.75, 3.05) is 7.11 Å². The van der Waals surface area contributed by atoms with Crippen LogP contribution < -0.4 is 10.2 Å². The van der Waals surface area contributed by atoms with Gasteiger partial charge < -0.3 is 4.74 Å². The van der Waals surface area contributed by atoms with Crippen LogP contribution in [0.5, 0.6) is 5.75 Å². The van der Waals surface area contributed by atoms with Crippen LogP contribution in [0.4, 0.5) is 4.39 Å². The van der Waals surface area contributed by atoms with E-state index in [0.29, 0.717) is 24.4 Å². The lowest BCUT2D eigenvalue weighted by atomic mass is 10.00. The molecule has 1 heterocycles. The first kappa shape index (κ1) is 14.3. The van der Waals surface area contributed by atoms with Crippen LogP contribution in [0.15, 0.2) is 18.2 Å². The van der Waals surface area contributed by atoms with E-state index in [2.05, 4.69) is 24.3 Å². The third kappa shape index (κ3) is 3.45. The Balaban J connectivity index is 1.96. The van der Waals surface area contributed by atoms with Gasteiger partial charge in [0.25, 0.3) is 0 Å². The van der Waals surface area contributed by atoms with Gasteiger partial charge in [0.15, 0.2) is 11.6 Å². The van der Waals surface area contributed by atoms with E-state index >= 15 is 0 Å². The molecular weight excluding hydrogens is 243 g/mol. The summed E-state index contributed by atoms with van der Waals surface area (Å²) in [5.74, 6) is -0.00926. The van der Waals surface area contributed by atoms with Gasteiger partial charge in [-0.15, -0.1) is 0 Å². The molecule has 3 nitrogen and oxygen atoms in total. The van der Waals surface area contributed by atoms with E-state index < -0.39 is 0 Å². The van der Waals surface area contributed by atoms with Gasteiger partial charge in [-0.1, -0.05) is 12.5 Å². The van der Waals surface area contributed by atoms with Crippen LogP contribution in [0.3, 0.4) is 0 Å². The number of rotatable bonds is 4. The number of hydrazine groups is 1. The summed E-state index contributed by atoms with van der Waals surface area (Å²) in [5, 5.41) is 2.30. The second-order valence-corrected chi connectivity index (χ2v) is 5.34. The van der Waals surface area contributed by atoms with E-state index in [-0.39, 0.29) is 5.82 Å². The molecule has 1 saturated heterocycles. The van der Waals surface area contributed by atoms with Crippen molar-refractivity contribution in [2.24, 2.45) is 0 Å². The Morgan fingerprint density at radius 1 is 1.32 bits per heavy atom. The van der Waals surface area contributed by atoms with Gasteiger partial charge in [0, 0.05) is 18.6 Å². The number of benzene rings is 1. The maximum absolute atomic E-state index is 13.6. The Kier molecular flexibility index (Phi) is 4.77.